The third kappa shape index (κ3) is 4.26. The molecule has 0 bridgehead atoms. The molecule has 1 saturated heterocycles. The number of piperidine rings is 1. The summed E-state index contributed by atoms with van der Waals surface area (Å²) in [6.07, 6.45) is 0. The molecule has 2 aromatic carbocycles. The number of halogens is 3. The second-order valence-corrected chi connectivity index (χ2v) is 12.0. The van der Waals surface area contributed by atoms with Crippen molar-refractivity contribution >= 4 is 90.3 Å². The molecule has 2 atom stereocenters. The molecule has 0 spiro atoms. The van der Waals surface area contributed by atoms with E-state index in [-0.39, 0.29) is 17.5 Å². The van der Waals surface area contributed by atoms with Crippen LogP contribution in [0.25, 0.3) is 0 Å². The summed E-state index contributed by atoms with van der Waals surface area (Å²) in [7, 11) is 11.6. The predicted molar refractivity (Wildman–Crippen MR) is 162 cm³/mol. The number of hydrogen-bond donors (Lipinski definition) is 1. The Bertz CT molecular complexity index is 1410. The maximum Gasteiger partial charge on any atom is 0.348 e. The van der Waals surface area contributed by atoms with E-state index in [1.54, 1.807) is 65.3 Å². The molecular formula is C22H25B7ClF2N3O4. The summed E-state index contributed by atoms with van der Waals surface area (Å²) >= 11 is 5.81. The minimum Gasteiger partial charge on any atom is -0.393 e. The summed E-state index contributed by atoms with van der Waals surface area (Å²) in [6, 6.07) is 9.78. The molecule has 2 heterocycles. The SMILES string of the molecule is BC1C(=O)NC(=O)[C@@](B)(N2Cc3cc(C(B)(B)N(B)C(=O)C(F)(F)c4ccc(Cl)cc4)ccc3C2=O)C1(B)B. The fourth-order valence-corrected chi connectivity index (χ4v) is 5.48. The van der Waals surface area contributed by atoms with E-state index < -0.39 is 51.0 Å². The minimum atomic E-state index is -3.79. The lowest BCUT2D eigenvalue weighted by Gasteiger charge is -2.54. The van der Waals surface area contributed by atoms with Crippen LogP contribution in [0.1, 0.15) is 27.0 Å². The van der Waals surface area contributed by atoms with Crippen molar-refractivity contribution in [3.63, 3.8) is 0 Å². The van der Waals surface area contributed by atoms with E-state index in [1.165, 1.54) is 25.0 Å². The first-order chi connectivity index (χ1) is 17.9. The van der Waals surface area contributed by atoms with E-state index in [2.05, 4.69) is 5.32 Å². The fraction of sp³-hybridized carbons (Fsp3) is 0.273. The average Bonchev–Trinajstić information content (AvgIpc) is 3.21. The summed E-state index contributed by atoms with van der Waals surface area (Å²) in [6.45, 7) is 0.0882. The molecule has 2 aromatic rings. The first kappa shape index (κ1) is 29.1. The minimum absolute atomic E-state index is 0.0882. The van der Waals surface area contributed by atoms with Crippen LogP contribution in [0.2, 0.25) is 16.1 Å². The highest BCUT2D eigenvalue weighted by molar-refractivity contribution is 6.57. The summed E-state index contributed by atoms with van der Waals surface area (Å²) in [5, 5.41) is 0.633. The van der Waals surface area contributed by atoms with Crippen molar-refractivity contribution in [1.82, 2.24) is 15.0 Å². The molecule has 4 rings (SSSR count). The van der Waals surface area contributed by atoms with Gasteiger partial charge in [0.1, 0.15) is 47.1 Å². The predicted octanol–water partition coefficient (Wildman–Crippen LogP) is -4.37. The number of rotatable bonds is 5. The zero-order chi connectivity index (χ0) is 29.3. The van der Waals surface area contributed by atoms with Gasteiger partial charge in [0.15, 0.2) is 0 Å². The molecule has 0 radical (unpaired) electrons. The number of alkyl halides is 2. The molecule has 17 heteroatoms. The molecular weight excluding hydrogens is 519 g/mol. The van der Waals surface area contributed by atoms with Crippen molar-refractivity contribution in [3.05, 3.63) is 69.7 Å². The summed E-state index contributed by atoms with van der Waals surface area (Å²) in [4.78, 5) is 54.5. The van der Waals surface area contributed by atoms with Gasteiger partial charge in [-0.15, -0.1) is 0 Å². The number of carbonyl (C=O) groups is 4. The fourth-order valence-electron chi connectivity index (χ4n) is 5.36. The smallest absolute Gasteiger partial charge is 0.348 e. The Kier molecular flexibility index (Phi) is 6.98. The Morgan fingerprint density at radius 1 is 1.05 bits per heavy atom. The molecule has 1 fully saturated rings. The number of imide groups is 1. The highest BCUT2D eigenvalue weighted by Gasteiger charge is 2.60. The van der Waals surface area contributed by atoms with Gasteiger partial charge in [0.05, 0.1) is 5.44 Å². The second-order valence-electron chi connectivity index (χ2n) is 11.6. The van der Waals surface area contributed by atoms with Crippen LogP contribution in [0.5, 0.6) is 0 Å². The van der Waals surface area contributed by atoms with Gasteiger partial charge in [-0.05, 0) is 34.7 Å². The number of amides is 4. The van der Waals surface area contributed by atoms with E-state index in [4.69, 9.17) is 11.6 Å². The van der Waals surface area contributed by atoms with Crippen molar-refractivity contribution in [2.24, 2.45) is 0 Å². The van der Waals surface area contributed by atoms with Crippen LogP contribution in [0.4, 0.5) is 8.78 Å². The van der Waals surface area contributed by atoms with E-state index in [0.717, 1.165) is 16.9 Å². The number of carbonyl (C=O) groups excluding carboxylic acids is 4. The summed E-state index contributed by atoms with van der Waals surface area (Å²) < 4.78 is 30.3. The maximum absolute atomic E-state index is 15.2. The third-order valence-corrected chi connectivity index (χ3v) is 9.44. The van der Waals surface area contributed by atoms with Gasteiger partial charge in [-0.2, -0.15) is 8.78 Å². The number of nitrogens with one attached hydrogen (secondary N) is 1. The van der Waals surface area contributed by atoms with Crippen LogP contribution in [-0.4, -0.2) is 93.8 Å². The third-order valence-electron chi connectivity index (χ3n) is 9.18. The quantitative estimate of drug-likeness (QED) is 0.305. The normalized spacial score (nSPS) is 22.8. The first-order valence-electron chi connectivity index (χ1n) is 12.6. The molecule has 0 saturated carbocycles. The Morgan fingerprint density at radius 3 is 2.21 bits per heavy atom. The number of hydrogen-bond acceptors (Lipinski definition) is 4. The van der Waals surface area contributed by atoms with Crippen molar-refractivity contribution in [2.45, 2.75) is 34.3 Å². The van der Waals surface area contributed by atoms with Gasteiger partial charge in [-0.1, -0.05) is 41.1 Å². The van der Waals surface area contributed by atoms with Crippen molar-refractivity contribution in [1.29, 1.82) is 0 Å². The highest BCUT2D eigenvalue weighted by Crippen LogP contribution is 2.49. The molecule has 39 heavy (non-hydrogen) atoms. The van der Waals surface area contributed by atoms with Gasteiger partial charge < -0.3 is 9.71 Å². The topological polar surface area (TPSA) is 86.8 Å². The van der Waals surface area contributed by atoms with Crippen LogP contribution < -0.4 is 5.32 Å². The van der Waals surface area contributed by atoms with Gasteiger partial charge in [-0.25, -0.2) is 0 Å². The monoisotopic (exact) mass is 545 g/mol. The number of benzene rings is 2. The average molecular weight is 545 g/mol. The van der Waals surface area contributed by atoms with E-state index >= 15 is 8.78 Å². The molecule has 0 aromatic heterocycles. The van der Waals surface area contributed by atoms with E-state index in [0.29, 0.717) is 16.7 Å². The van der Waals surface area contributed by atoms with Crippen molar-refractivity contribution in [2.75, 3.05) is 0 Å². The zero-order valence-electron chi connectivity index (χ0n) is 23.0. The molecule has 7 nitrogen and oxygen atoms in total. The van der Waals surface area contributed by atoms with Crippen molar-refractivity contribution in [3.8, 4) is 0 Å². The summed E-state index contributed by atoms with van der Waals surface area (Å²) in [5.74, 6) is -7.01. The second kappa shape index (κ2) is 9.35. The van der Waals surface area contributed by atoms with Gasteiger partial charge in [0, 0.05) is 28.5 Å². The molecule has 2 aliphatic heterocycles. The largest absolute Gasteiger partial charge is 0.393 e. The lowest BCUT2D eigenvalue weighted by molar-refractivity contribution is -0.155. The van der Waals surface area contributed by atoms with Gasteiger partial charge in [0.25, 0.3) is 11.8 Å². The Labute approximate surface area is 237 Å². The van der Waals surface area contributed by atoms with Crippen LogP contribution in [0.15, 0.2) is 42.5 Å². The Hall–Kier alpha value is -2.88. The zero-order valence-corrected chi connectivity index (χ0v) is 23.7. The van der Waals surface area contributed by atoms with Gasteiger partial charge in [-0.3, -0.25) is 24.5 Å². The lowest BCUT2D eigenvalue weighted by atomic mass is 9.31. The Balaban J connectivity index is 1.65. The van der Waals surface area contributed by atoms with E-state index in [1.807, 2.05) is 0 Å². The van der Waals surface area contributed by atoms with Crippen molar-refractivity contribution < 1.29 is 28.0 Å². The Morgan fingerprint density at radius 2 is 1.62 bits per heavy atom. The lowest BCUT2D eigenvalue weighted by Crippen LogP contribution is -2.72. The summed E-state index contributed by atoms with van der Waals surface area (Å²) in [5.41, 5.74) is -0.266. The van der Waals surface area contributed by atoms with Crippen LogP contribution >= 0.6 is 11.6 Å². The first-order valence-corrected chi connectivity index (χ1v) is 13.0. The number of nitrogens with zero attached hydrogens (tertiary/aromatic N) is 2. The van der Waals surface area contributed by atoms with Crippen LogP contribution in [0, 0.1) is 0 Å². The van der Waals surface area contributed by atoms with Crippen LogP contribution in [0.3, 0.4) is 0 Å². The van der Waals surface area contributed by atoms with Gasteiger partial charge >= 0.3 is 5.92 Å². The standard InChI is InChI=1S/C22H25B7ClF2N3O4/c23-14-15(36)33-17(38)21(26,20(14,24)25)34-8-9-7-11(3-6-13(9)16(34)37)22(27,28)35(29)18(39)19(31,32)10-1-4-12(30)5-2-10/h1-7,14H,8,23-29H2,(H,33,36,38)/t14?,21-/m1/s1. The molecule has 1 unspecified atom stereocenters. The molecule has 2 aliphatic rings. The molecule has 194 valence electrons. The highest BCUT2D eigenvalue weighted by atomic mass is 35.5. The van der Waals surface area contributed by atoms with Gasteiger partial charge in [0.2, 0.25) is 19.8 Å². The van der Waals surface area contributed by atoms with E-state index in [9.17, 15) is 19.2 Å². The molecule has 4 amide bonds. The van der Waals surface area contributed by atoms with Crippen LogP contribution in [-0.2, 0) is 32.2 Å². The molecule has 1 N–H and O–H groups in total. The molecule has 0 aliphatic carbocycles. The maximum atomic E-state index is 15.2. The number of fused-ring (bicyclic) bond motifs is 1.